The van der Waals surface area contributed by atoms with Crippen LogP contribution in [0.4, 0.5) is 10.3 Å². The van der Waals surface area contributed by atoms with Crippen LogP contribution in [0.1, 0.15) is 22.0 Å². The summed E-state index contributed by atoms with van der Waals surface area (Å²) in [7, 11) is 0. The van der Waals surface area contributed by atoms with Crippen LogP contribution in [0.3, 0.4) is 0 Å². The molecule has 2 N–H and O–H groups in total. The summed E-state index contributed by atoms with van der Waals surface area (Å²) >= 11 is 1.46. The van der Waals surface area contributed by atoms with E-state index in [0.29, 0.717) is 11.5 Å². The normalized spacial score (nSPS) is 10.7. The van der Waals surface area contributed by atoms with Crippen molar-refractivity contribution in [1.82, 2.24) is 30.2 Å². The molecule has 0 aliphatic carbocycles. The number of carbonyl (C=O) groups is 1. The molecule has 0 saturated carbocycles. The van der Waals surface area contributed by atoms with Crippen LogP contribution in [0.5, 0.6) is 0 Å². The fraction of sp³-hybridized carbons (Fsp3) is 0.105. The zero-order chi connectivity index (χ0) is 20.4. The molecule has 3 aromatic heterocycles. The molecule has 3 heterocycles. The van der Waals surface area contributed by atoms with E-state index in [2.05, 4.69) is 30.9 Å². The number of anilines is 1. The standard InChI is InChI=1S/C19H16FN7OS/c1-11-10-12(2)22-19(21-11)25-24-18(28)16-23-17(15-4-3-9-29-15)27(26-16)14-7-5-13(20)6-8-14/h3-10H,1-2H3,(H,24,28)(H,21,22,25). The van der Waals surface area contributed by atoms with E-state index in [4.69, 9.17) is 0 Å². The SMILES string of the molecule is Cc1cc(C)nc(NNC(=O)c2nc(-c3cccs3)n(-c3ccc(F)cc3)n2)n1. The summed E-state index contributed by atoms with van der Waals surface area (Å²) in [6.45, 7) is 3.67. The van der Waals surface area contributed by atoms with Crippen molar-refractivity contribution in [1.29, 1.82) is 0 Å². The molecule has 0 aliphatic rings. The van der Waals surface area contributed by atoms with E-state index >= 15 is 0 Å². The van der Waals surface area contributed by atoms with E-state index in [0.717, 1.165) is 16.3 Å². The van der Waals surface area contributed by atoms with E-state index in [-0.39, 0.29) is 17.6 Å². The molecule has 0 unspecified atom stereocenters. The number of thiophene rings is 1. The fourth-order valence-corrected chi connectivity index (χ4v) is 3.38. The lowest BCUT2D eigenvalue weighted by atomic mass is 10.3. The number of rotatable bonds is 5. The Hall–Kier alpha value is -3.66. The van der Waals surface area contributed by atoms with Gasteiger partial charge in [-0.2, -0.15) is 0 Å². The summed E-state index contributed by atoms with van der Waals surface area (Å²) in [6, 6.07) is 11.4. The van der Waals surface area contributed by atoms with Gasteiger partial charge in [0, 0.05) is 11.4 Å². The number of carbonyl (C=O) groups excluding carboxylic acids is 1. The van der Waals surface area contributed by atoms with Crippen LogP contribution >= 0.6 is 11.3 Å². The fourth-order valence-electron chi connectivity index (χ4n) is 2.69. The summed E-state index contributed by atoms with van der Waals surface area (Å²) in [4.78, 5) is 26.2. The average Bonchev–Trinajstić information content (AvgIpc) is 3.35. The maximum Gasteiger partial charge on any atom is 0.309 e. The minimum Gasteiger partial charge on any atom is -0.265 e. The number of halogens is 1. The van der Waals surface area contributed by atoms with Gasteiger partial charge >= 0.3 is 5.91 Å². The van der Waals surface area contributed by atoms with Crippen LogP contribution in [0.2, 0.25) is 0 Å². The zero-order valence-electron chi connectivity index (χ0n) is 15.5. The van der Waals surface area contributed by atoms with E-state index in [9.17, 15) is 9.18 Å². The first kappa shape index (κ1) is 18.7. The predicted molar refractivity (Wildman–Crippen MR) is 107 cm³/mol. The molecule has 4 aromatic rings. The van der Waals surface area contributed by atoms with Gasteiger partial charge < -0.3 is 0 Å². The molecule has 0 radical (unpaired) electrons. The van der Waals surface area contributed by atoms with E-state index in [1.807, 2.05) is 37.4 Å². The number of benzene rings is 1. The highest BCUT2D eigenvalue weighted by Crippen LogP contribution is 2.25. The number of hydrazine groups is 1. The summed E-state index contributed by atoms with van der Waals surface area (Å²) in [5, 5.41) is 6.21. The number of hydrogen-bond donors (Lipinski definition) is 2. The lowest BCUT2D eigenvalue weighted by Gasteiger charge is -2.06. The lowest BCUT2D eigenvalue weighted by Crippen LogP contribution is -2.31. The molecule has 1 amide bonds. The van der Waals surface area contributed by atoms with Crippen LogP contribution in [-0.2, 0) is 0 Å². The van der Waals surface area contributed by atoms with Crippen molar-refractivity contribution < 1.29 is 9.18 Å². The minimum absolute atomic E-state index is 0.0467. The smallest absolute Gasteiger partial charge is 0.265 e. The van der Waals surface area contributed by atoms with Crippen molar-refractivity contribution >= 4 is 23.2 Å². The molecule has 146 valence electrons. The molecular weight excluding hydrogens is 393 g/mol. The number of aromatic nitrogens is 5. The number of nitrogens with zero attached hydrogens (tertiary/aromatic N) is 5. The van der Waals surface area contributed by atoms with Gasteiger partial charge in [0.1, 0.15) is 5.82 Å². The second-order valence-corrected chi connectivity index (χ2v) is 7.13. The molecule has 0 fully saturated rings. The highest BCUT2D eigenvalue weighted by atomic mass is 32.1. The van der Waals surface area contributed by atoms with Gasteiger partial charge in [0.05, 0.1) is 10.6 Å². The van der Waals surface area contributed by atoms with Crippen molar-refractivity contribution in [2.45, 2.75) is 13.8 Å². The first-order chi connectivity index (χ1) is 14.0. The first-order valence-corrected chi connectivity index (χ1v) is 9.53. The third kappa shape index (κ3) is 4.11. The molecular formula is C19H16FN7OS. The minimum atomic E-state index is -0.550. The van der Waals surface area contributed by atoms with Crippen molar-refractivity contribution in [3.8, 4) is 16.4 Å². The van der Waals surface area contributed by atoms with Crippen molar-refractivity contribution in [3.63, 3.8) is 0 Å². The Morgan fingerprint density at radius 1 is 1.07 bits per heavy atom. The van der Waals surface area contributed by atoms with Crippen molar-refractivity contribution in [3.05, 3.63) is 70.9 Å². The first-order valence-electron chi connectivity index (χ1n) is 8.65. The maximum atomic E-state index is 13.3. The van der Waals surface area contributed by atoms with Crippen LogP contribution in [0, 0.1) is 19.7 Å². The van der Waals surface area contributed by atoms with Gasteiger partial charge in [0.25, 0.3) is 0 Å². The topological polar surface area (TPSA) is 97.6 Å². The van der Waals surface area contributed by atoms with Gasteiger partial charge in [-0.15, -0.1) is 16.4 Å². The Labute approximate surface area is 169 Å². The predicted octanol–water partition coefficient (Wildman–Crippen LogP) is 3.30. The molecule has 0 atom stereocenters. The average molecular weight is 409 g/mol. The monoisotopic (exact) mass is 409 g/mol. The van der Waals surface area contributed by atoms with Gasteiger partial charge in [0.15, 0.2) is 5.82 Å². The highest BCUT2D eigenvalue weighted by Gasteiger charge is 2.19. The Bertz CT molecular complexity index is 1140. The highest BCUT2D eigenvalue weighted by molar-refractivity contribution is 7.13. The third-order valence-corrected chi connectivity index (χ3v) is 4.76. The second-order valence-electron chi connectivity index (χ2n) is 6.18. The van der Waals surface area contributed by atoms with Crippen LogP contribution in [-0.4, -0.2) is 30.6 Å². The van der Waals surface area contributed by atoms with Crippen molar-refractivity contribution in [2.24, 2.45) is 0 Å². The number of amides is 1. The Morgan fingerprint density at radius 2 is 1.79 bits per heavy atom. The van der Waals surface area contributed by atoms with Gasteiger partial charge in [-0.1, -0.05) is 6.07 Å². The largest absolute Gasteiger partial charge is 0.309 e. The lowest BCUT2D eigenvalue weighted by molar-refractivity contribution is 0.0952. The van der Waals surface area contributed by atoms with E-state index < -0.39 is 5.91 Å². The van der Waals surface area contributed by atoms with Crippen LogP contribution in [0.15, 0.2) is 47.8 Å². The van der Waals surface area contributed by atoms with Crippen LogP contribution in [0.25, 0.3) is 16.4 Å². The molecule has 0 saturated heterocycles. The summed E-state index contributed by atoms with van der Waals surface area (Å²) in [6.07, 6.45) is 0. The van der Waals surface area contributed by atoms with Crippen LogP contribution < -0.4 is 10.9 Å². The van der Waals surface area contributed by atoms with Crippen molar-refractivity contribution in [2.75, 3.05) is 5.43 Å². The van der Waals surface area contributed by atoms with Gasteiger partial charge in [-0.25, -0.2) is 24.0 Å². The molecule has 10 heteroatoms. The summed E-state index contributed by atoms with van der Waals surface area (Å²) in [5.41, 5.74) is 7.32. The summed E-state index contributed by atoms with van der Waals surface area (Å²) < 4.78 is 14.8. The van der Waals surface area contributed by atoms with E-state index in [1.165, 1.54) is 28.2 Å². The summed E-state index contributed by atoms with van der Waals surface area (Å²) in [5.74, 6) is -0.199. The Balaban J connectivity index is 1.62. The Kier molecular flexibility index (Phi) is 5.00. The molecule has 4 rings (SSSR count). The molecule has 0 spiro atoms. The quantitative estimate of drug-likeness (QED) is 0.491. The molecule has 1 aromatic carbocycles. The third-order valence-electron chi connectivity index (χ3n) is 3.89. The van der Waals surface area contributed by atoms with Gasteiger partial charge in [-0.05, 0) is 55.6 Å². The molecule has 29 heavy (non-hydrogen) atoms. The molecule has 0 bridgehead atoms. The van der Waals surface area contributed by atoms with E-state index in [1.54, 1.807) is 12.1 Å². The maximum absolute atomic E-state index is 13.3. The zero-order valence-corrected chi connectivity index (χ0v) is 16.4. The number of hydrogen-bond acceptors (Lipinski definition) is 7. The molecule has 8 nitrogen and oxygen atoms in total. The van der Waals surface area contributed by atoms with Gasteiger partial charge in [0.2, 0.25) is 11.8 Å². The number of aryl methyl sites for hydroxylation is 2. The number of nitrogens with one attached hydrogen (secondary N) is 2. The van der Waals surface area contributed by atoms with Gasteiger partial charge in [-0.3, -0.25) is 15.6 Å². The second kappa shape index (κ2) is 7.76. The Morgan fingerprint density at radius 3 is 2.45 bits per heavy atom. The molecule has 0 aliphatic heterocycles.